The van der Waals surface area contributed by atoms with Crippen LogP contribution in [0.15, 0.2) is 30.3 Å². The third-order valence-electron chi connectivity index (χ3n) is 2.67. The van der Waals surface area contributed by atoms with E-state index in [1.54, 1.807) is 11.3 Å². The Balaban J connectivity index is 1.89. The van der Waals surface area contributed by atoms with Gasteiger partial charge in [-0.05, 0) is 24.3 Å². The van der Waals surface area contributed by atoms with Crippen LogP contribution in [0.25, 0.3) is 0 Å². The molecular formula is C15H17F2NOS. The van der Waals surface area contributed by atoms with Gasteiger partial charge in [0.05, 0.1) is 0 Å². The van der Waals surface area contributed by atoms with Gasteiger partial charge in [-0.3, -0.25) is 0 Å². The third kappa shape index (κ3) is 4.28. The van der Waals surface area contributed by atoms with E-state index in [0.717, 1.165) is 23.6 Å². The normalized spacial score (nSPS) is 11.1. The molecule has 5 heteroatoms. The van der Waals surface area contributed by atoms with Crippen molar-refractivity contribution in [3.63, 3.8) is 0 Å². The molecule has 0 bridgehead atoms. The Labute approximate surface area is 121 Å². The van der Waals surface area contributed by atoms with Gasteiger partial charge in [0.15, 0.2) is 11.6 Å². The molecule has 0 spiro atoms. The SMILES string of the molecule is CC(C)NCc1ccc(COc2ccc(F)c(F)c2)s1. The van der Waals surface area contributed by atoms with Crippen molar-refractivity contribution in [1.29, 1.82) is 0 Å². The lowest BCUT2D eigenvalue weighted by Crippen LogP contribution is -2.21. The van der Waals surface area contributed by atoms with Crippen molar-refractivity contribution in [2.45, 2.75) is 33.0 Å². The van der Waals surface area contributed by atoms with Crippen LogP contribution in [0.5, 0.6) is 5.75 Å². The molecule has 0 fully saturated rings. The summed E-state index contributed by atoms with van der Waals surface area (Å²) in [5, 5.41) is 3.34. The van der Waals surface area contributed by atoms with Crippen LogP contribution in [-0.4, -0.2) is 6.04 Å². The fraction of sp³-hybridized carbons (Fsp3) is 0.333. The lowest BCUT2D eigenvalue weighted by molar-refractivity contribution is 0.307. The number of thiophene rings is 1. The summed E-state index contributed by atoms with van der Waals surface area (Å²) in [6.07, 6.45) is 0. The zero-order chi connectivity index (χ0) is 14.5. The Bertz CT molecular complexity index is 569. The van der Waals surface area contributed by atoms with Gasteiger partial charge in [-0.1, -0.05) is 13.8 Å². The molecule has 108 valence electrons. The van der Waals surface area contributed by atoms with E-state index in [0.29, 0.717) is 18.4 Å². The predicted octanol–water partition coefficient (Wildman–Crippen LogP) is 4.10. The second-order valence-electron chi connectivity index (χ2n) is 4.77. The summed E-state index contributed by atoms with van der Waals surface area (Å²) >= 11 is 1.65. The lowest BCUT2D eigenvalue weighted by Gasteiger charge is -2.06. The van der Waals surface area contributed by atoms with E-state index in [9.17, 15) is 8.78 Å². The van der Waals surface area contributed by atoms with Gasteiger partial charge in [-0.25, -0.2) is 8.78 Å². The second-order valence-corrected chi connectivity index (χ2v) is 6.02. The molecule has 0 saturated carbocycles. The molecule has 20 heavy (non-hydrogen) atoms. The Morgan fingerprint density at radius 2 is 1.85 bits per heavy atom. The minimum absolute atomic E-state index is 0.333. The van der Waals surface area contributed by atoms with E-state index in [4.69, 9.17) is 4.74 Å². The van der Waals surface area contributed by atoms with Crippen LogP contribution in [0.3, 0.4) is 0 Å². The maximum atomic E-state index is 13.0. The second kappa shape index (κ2) is 6.81. The van der Waals surface area contributed by atoms with Crippen LogP contribution in [0.4, 0.5) is 8.78 Å². The van der Waals surface area contributed by atoms with E-state index in [2.05, 4.69) is 19.2 Å². The summed E-state index contributed by atoms with van der Waals surface area (Å²) in [6.45, 7) is 5.38. The Morgan fingerprint density at radius 3 is 2.55 bits per heavy atom. The molecule has 1 aromatic heterocycles. The Hall–Kier alpha value is -1.46. The highest BCUT2D eigenvalue weighted by Gasteiger charge is 2.05. The van der Waals surface area contributed by atoms with E-state index in [-0.39, 0.29) is 0 Å². The van der Waals surface area contributed by atoms with Crippen LogP contribution in [0, 0.1) is 11.6 Å². The van der Waals surface area contributed by atoms with Gasteiger partial charge in [0.1, 0.15) is 12.4 Å². The molecule has 0 radical (unpaired) electrons. The summed E-state index contributed by atoms with van der Waals surface area (Å²) in [5.41, 5.74) is 0. The smallest absolute Gasteiger partial charge is 0.162 e. The molecule has 0 unspecified atom stereocenters. The number of rotatable bonds is 6. The molecule has 0 atom stereocenters. The highest BCUT2D eigenvalue weighted by Crippen LogP contribution is 2.20. The van der Waals surface area contributed by atoms with Crippen LogP contribution in [0.1, 0.15) is 23.6 Å². The molecule has 2 nitrogen and oxygen atoms in total. The van der Waals surface area contributed by atoms with Gasteiger partial charge in [-0.15, -0.1) is 11.3 Å². The van der Waals surface area contributed by atoms with Crippen molar-refractivity contribution in [3.8, 4) is 5.75 Å². The van der Waals surface area contributed by atoms with Crippen molar-refractivity contribution in [2.24, 2.45) is 0 Å². The summed E-state index contributed by atoms with van der Waals surface area (Å²) < 4.78 is 31.3. The maximum absolute atomic E-state index is 13.0. The van der Waals surface area contributed by atoms with Crippen molar-refractivity contribution in [3.05, 3.63) is 51.7 Å². The minimum atomic E-state index is -0.893. The molecule has 2 rings (SSSR count). The maximum Gasteiger partial charge on any atom is 0.162 e. The predicted molar refractivity (Wildman–Crippen MR) is 77.0 cm³/mol. The average Bonchev–Trinajstić information content (AvgIpc) is 2.86. The standard InChI is InChI=1S/C15H17F2NOS/c1-10(2)18-8-12-4-5-13(20-12)9-19-11-3-6-14(16)15(17)7-11/h3-7,10,18H,8-9H2,1-2H3. The first-order valence-corrected chi connectivity index (χ1v) is 7.25. The third-order valence-corrected chi connectivity index (χ3v) is 3.73. The molecule has 1 heterocycles. The summed E-state index contributed by atoms with van der Waals surface area (Å²) in [4.78, 5) is 2.28. The quantitative estimate of drug-likeness (QED) is 0.866. The van der Waals surface area contributed by atoms with Crippen LogP contribution in [-0.2, 0) is 13.2 Å². The first kappa shape index (κ1) is 14.9. The van der Waals surface area contributed by atoms with E-state index < -0.39 is 11.6 Å². The van der Waals surface area contributed by atoms with E-state index >= 15 is 0 Å². The molecule has 0 aliphatic carbocycles. The lowest BCUT2D eigenvalue weighted by atomic mass is 10.3. The van der Waals surface area contributed by atoms with Crippen LogP contribution < -0.4 is 10.1 Å². The molecule has 2 aromatic rings. The van der Waals surface area contributed by atoms with Gasteiger partial charge in [0, 0.05) is 28.4 Å². The number of benzene rings is 1. The van der Waals surface area contributed by atoms with Gasteiger partial charge < -0.3 is 10.1 Å². The Kier molecular flexibility index (Phi) is 5.09. The average molecular weight is 297 g/mol. The van der Waals surface area contributed by atoms with Gasteiger partial charge in [-0.2, -0.15) is 0 Å². The molecule has 1 aromatic carbocycles. The summed E-state index contributed by atoms with van der Waals surface area (Å²) in [6, 6.07) is 8.03. The molecule has 0 aliphatic rings. The van der Waals surface area contributed by atoms with Crippen LogP contribution in [0.2, 0.25) is 0 Å². The number of hydrogen-bond donors (Lipinski definition) is 1. The summed E-state index contributed by atoms with van der Waals surface area (Å²) in [7, 11) is 0. The number of hydrogen-bond acceptors (Lipinski definition) is 3. The van der Waals surface area contributed by atoms with Crippen LogP contribution >= 0.6 is 11.3 Å². The van der Waals surface area contributed by atoms with Crippen molar-refractivity contribution in [1.82, 2.24) is 5.32 Å². The Morgan fingerprint density at radius 1 is 1.10 bits per heavy atom. The fourth-order valence-corrected chi connectivity index (χ4v) is 2.50. The molecule has 1 N–H and O–H groups in total. The van der Waals surface area contributed by atoms with Gasteiger partial charge in [0.2, 0.25) is 0 Å². The monoisotopic (exact) mass is 297 g/mol. The highest BCUT2D eigenvalue weighted by molar-refractivity contribution is 7.11. The first-order chi connectivity index (χ1) is 9.54. The zero-order valence-electron chi connectivity index (χ0n) is 11.5. The largest absolute Gasteiger partial charge is 0.488 e. The molecule has 0 saturated heterocycles. The zero-order valence-corrected chi connectivity index (χ0v) is 12.3. The van der Waals surface area contributed by atoms with E-state index in [1.807, 2.05) is 12.1 Å². The number of nitrogens with one attached hydrogen (secondary N) is 1. The molecule has 0 aliphatic heterocycles. The van der Waals surface area contributed by atoms with E-state index in [1.165, 1.54) is 10.9 Å². The summed E-state index contributed by atoms with van der Waals surface area (Å²) in [5.74, 6) is -1.43. The fourth-order valence-electron chi connectivity index (χ4n) is 1.62. The molecule has 0 amide bonds. The van der Waals surface area contributed by atoms with Gasteiger partial charge in [0.25, 0.3) is 0 Å². The number of ether oxygens (including phenoxy) is 1. The molecular weight excluding hydrogens is 280 g/mol. The van der Waals surface area contributed by atoms with Gasteiger partial charge >= 0.3 is 0 Å². The first-order valence-electron chi connectivity index (χ1n) is 6.43. The number of halogens is 2. The minimum Gasteiger partial charge on any atom is -0.488 e. The van der Waals surface area contributed by atoms with Crippen molar-refractivity contribution < 1.29 is 13.5 Å². The highest BCUT2D eigenvalue weighted by atomic mass is 32.1. The van der Waals surface area contributed by atoms with Crippen molar-refractivity contribution >= 4 is 11.3 Å². The van der Waals surface area contributed by atoms with Crippen molar-refractivity contribution in [2.75, 3.05) is 0 Å². The topological polar surface area (TPSA) is 21.3 Å².